The summed E-state index contributed by atoms with van der Waals surface area (Å²) in [6.45, 7) is -0.386. The number of carboxylic acid groups (broad SMARTS) is 1. The van der Waals surface area contributed by atoms with Crippen LogP contribution in [0.15, 0.2) is 72.8 Å². The summed E-state index contributed by atoms with van der Waals surface area (Å²) < 4.78 is 24.5. The van der Waals surface area contributed by atoms with Crippen molar-refractivity contribution >= 4 is 16.9 Å². The second kappa shape index (κ2) is 8.93. The molecule has 156 valence electrons. The predicted octanol–water partition coefficient (Wildman–Crippen LogP) is 5.32. The standard InChI is InChI=1S/C25H20FNO4/c1-30-24-5-3-2-4-20(24)16-6-8-17(9-7-16)23-12-18(14-31-15-25(28)29)21-13-19(26)10-11-22(21)27-23/h2-13H,14-15H2,1H3,(H,28,29). The topological polar surface area (TPSA) is 68.7 Å². The fourth-order valence-electron chi connectivity index (χ4n) is 3.49. The van der Waals surface area contributed by atoms with E-state index < -0.39 is 12.6 Å². The number of nitrogens with zero attached hydrogens (tertiary/aromatic N) is 1. The summed E-state index contributed by atoms with van der Waals surface area (Å²) >= 11 is 0. The Balaban J connectivity index is 1.71. The number of rotatable bonds is 7. The van der Waals surface area contributed by atoms with Crippen LogP contribution in [-0.2, 0) is 16.1 Å². The van der Waals surface area contributed by atoms with E-state index in [4.69, 9.17) is 14.6 Å². The Kier molecular flexibility index (Phi) is 5.91. The second-order valence-corrected chi connectivity index (χ2v) is 6.99. The first kappa shape index (κ1) is 20.5. The summed E-state index contributed by atoms with van der Waals surface area (Å²) in [7, 11) is 1.64. The van der Waals surface area contributed by atoms with Crippen molar-refractivity contribution in [1.82, 2.24) is 4.98 Å². The van der Waals surface area contributed by atoms with Gasteiger partial charge in [0.1, 0.15) is 18.2 Å². The third kappa shape index (κ3) is 4.54. The van der Waals surface area contributed by atoms with Crippen LogP contribution in [0.25, 0.3) is 33.3 Å². The van der Waals surface area contributed by atoms with Gasteiger partial charge in [-0.3, -0.25) is 0 Å². The van der Waals surface area contributed by atoms with Crippen LogP contribution in [0.1, 0.15) is 5.56 Å². The molecule has 0 aliphatic heterocycles. The predicted molar refractivity (Wildman–Crippen MR) is 116 cm³/mol. The smallest absolute Gasteiger partial charge is 0.329 e. The minimum Gasteiger partial charge on any atom is -0.496 e. The van der Waals surface area contributed by atoms with Crippen LogP contribution in [-0.4, -0.2) is 29.8 Å². The van der Waals surface area contributed by atoms with Crippen LogP contribution >= 0.6 is 0 Å². The fraction of sp³-hybridized carbons (Fsp3) is 0.120. The van der Waals surface area contributed by atoms with Gasteiger partial charge in [0.2, 0.25) is 0 Å². The van der Waals surface area contributed by atoms with Gasteiger partial charge in [-0.15, -0.1) is 0 Å². The number of ether oxygens (including phenoxy) is 2. The van der Waals surface area contributed by atoms with E-state index in [-0.39, 0.29) is 12.4 Å². The molecule has 0 atom stereocenters. The molecule has 0 spiro atoms. The van der Waals surface area contributed by atoms with Crippen molar-refractivity contribution in [2.75, 3.05) is 13.7 Å². The number of hydrogen-bond acceptors (Lipinski definition) is 4. The first-order chi connectivity index (χ1) is 15.0. The summed E-state index contributed by atoms with van der Waals surface area (Å²) in [4.78, 5) is 15.4. The molecule has 6 heteroatoms. The maximum Gasteiger partial charge on any atom is 0.329 e. The van der Waals surface area contributed by atoms with Gasteiger partial charge in [-0.25, -0.2) is 14.2 Å². The normalized spacial score (nSPS) is 10.9. The Bertz CT molecular complexity index is 1240. The van der Waals surface area contributed by atoms with Gasteiger partial charge in [-0.05, 0) is 41.5 Å². The van der Waals surface area contributed by atoms with Crippen molar-refractivity contribution in [3.05, 3.63) is 84.2 Å². The van der Waals surface area contributed by atoms with Crippen LogP contribution in [0.2, 0.25) is 0 Å². The van der Waals surface area contributed by atoms with Crippen molar-refractivity contribution in [2.45, 2.75) is 6.61 Å². The van der Waals surface area contributed by atoms with Gasteiger partial charge in [-0.2, -0.15) is 0 Å². The Morgan fingerprint density at radius 3 is 2.48 bits per heavy atom. The van der Waals surface area contributed by atoms with Gasteiger partial charge in [0.25, 0.3) is 0 Å². The average Bonchev–Trinajstić information content (AvgIpc) is 2.79. The lowest BCUT2D eigenvalue weighted by atomic mass is 10.00. The van der Waals surface area contributed by atoms with Crippen LogP contribution in [0.5, 0.6) is 5.75 Å². The molecule has 1 aromatic heterocycles. The minimum absolute atomic E-state index is 0.0427. The first-order valence-corrected chi connectivity index (χ1v) is 9.67. The Labute approximate surface area is 178 Å². The molecule has 0 aliphatic carbocycles. The third-order valence-electron chi connectivity index (χ3n) is 4.94. The highest BCUT2D eigenvalue weighted by Gasteiger charge is 2.11. The summed E-state index contributed by atoms with van der Waals surface area (Å²) in [5.41, 5.74) is 4.86. The Morgan fingerprint density at radius 2 is 1.74 bits per heavy atom. The van der Waals surface area contributed by atoms with Crippen molar-refractivity contribution in [2.24, 2.45) is 0 Å². The van der Waals surface area contributed by atoms with Crippen LogP contribution < -0.4 is 4.74 Å². The van der Waals surface area contributed by atoms with E-state index in [0.29, 0.717) is 22.2 Å². The number of carbonyl (C=O) groups is 1. The summed E-state index contributed by atoms with van der Waals surface area (Å²) in [6.07, 6.45) is 0. The van der Waals surface area contributed by atoms with Gasteiger partial charge in [-0.1, -0.05) is 42.5 Å². The van der Waals surface area contributed by atoms with E-state index in [0.717, 1.165) is 22.4 Å². The van der Waals surface area contributed by atoms with Crippen LogP contribution in [0.4, 0.5) is 4.39 Å². The number of carboxylic acids is 1. The monoisotopic (exact) mass is 417 g/mol. The number of pyridine rings is 1. The van der Waals surface area contributed by atoms with Gasteiger partial charge in [0.15, 0.2) is 0 Å². The number of aromatic nitrogens is 1. The molecule has 3 aromatic carbocycles. The zero-order valence-corrected chi connectivity index (χ0v) is 16.8. The van der Waals surface area contributed by atoms with Crippen molar-refractivity contribution in [3.8, 4) is 28.1 Å². The number of benzene rings is 3. The summed E-state index contributed by atoms with van der Waals surface area (Å²) in [5, 5.41) is 9.43. The highest BCUT2D eigenvalue weighted by atomic mass is 19.1. The molecular weight excluding hydrogens is 397 g/mol. The highest BCUT2D eigenvalue weighted by Crippen LogP contribution is 2.32. The highest BCUT2D eigenvalue weighted by molar-refractivity contribution is 5.85. The zero-order valence-electron chi connectivity index (χ0n) is 16.8. The fourth-order valence-corrected chi connectivity index (χ4v) is 3.49. The zero-order chi connectivity index (χ0) is 21.8. The van der Waals surface area contributed by atoms with E-state index in [2.05, 4.69) is 4.98 Å². The van der Waals surface area contributed by atoms with Crippen molar-refractivity contribution in [1.29, 1.82) is 0 Å². The summed E-state index contributed by atoms with van der Waals surface area (Å²) in [6, 6.07) is 21.8. The second-order valence-electron chi connectivity index (χ2n) is 6.99. The largest absolute Gasteiger partial charge is 0.496 e. The van der Waals surface area contributed by atoms with Gasteiger partial charge >= 0.3 is 5.97 Å². The molecule has 0 fully saturated rings. The van der Waals surface area contributed by atoms with Gasteiger partial charge < -0.3 is 14.6 Å². The molecule has 31 heavy (non-hydrogen) atoms. The van der Waals surface area contributed by atoms with E-state index in [1.807, 2.05) is 54.6 Å². The molecule has 4 rings (SSSR count). The number of fused-ring (bicyclic) bond motifs is 1. The maximum absolute atomic E-state index is 13.8. The van der Waals surface area contributed by atoms with E-state index in [9.17, 15) is 9.18 Å². The maximum atomic E-state index is 13.8. The molecule has 0 aliphatic rings. The number of hydrogen-bond donors (Lipinski definition) is 1. The SMILES string of the molecule is COc1ccccc1-c1ccc(-c2cc(COCC(=O)O)c3cc(F)ccc3n2)cc1. The van der Waals surface area contributed by atoms with Gasteiger partial charge in [0.05, 0.1) is 24.9 Å². The molecule has 0 unspecified atom stereocenters. The lowest BCUT2D eigenvalue weighted by Crippen LogP contribution is -2.07. The molecule has 0 saturated heterocycles. The molecule has 0 amide bonds. The third-order valence-corrected chi connectivity index (χ3v) is 4.94. The van der Waals surface area contributed by atoms with Crippen molar-refractivity contribution < 1.29 is 23.8 Å². The van der Waals surface area contributed by atoms with Crippen molar-refractivity contribution in [3.63, 3.8) is 0 Å². The van der Waals surface area contributed by atoms with E-state index in [1.165, 1.54) is 12.1 Å². The molecule has 5 nitrogen and oxygen atoms in total. The van der Waals surface area contributed by atoms with E-state index in [1.54, 1.807) is 13.2 Å². The van der Waals surface area contributed by atoms with E-state index >= 15 is 0 Å². The average molecular weight is 417 g/mol. The number of para-hydroxylation sites is 1. The lowest BCUT2D eigenvalue weighted by Gasteiger charge is -2.12. The quantitative estimate of drug-likeness (QED) is 0.441. The molecule has 0 radical (unpaired) electrons. The lowest BCUT2D eigenvalue weighted by molar-refractivity contribution is -0.142. The number of aliphatic carboxylic acids is 1. The van der Waals surface area contributed by atoms with Crippen LogP contribution in [0, 0.1) is 5.82 Å². The molecule has 1 heterocycles. The molecule has 0 bridgehead atoms. The van der Waals surface area contributed by atoms with Crippen LogP contribution in [0.3, 0.4) is 0 Å². The number of methoxy groups -OCH3 is 1. The number of halogens is 1. The van der Waals surface area contributed by atoms with Gasteiger partial charge in [0, 0.05) is 16.5 Å². The molecular formula is C25H20FNO4. The molecule has 1 N–H and O–H groups in total. The summed E-state index contributed by atoms with van der Waals surface area (Å²) in [5.74, 6) is -0.654. The minimum atomic E-state index is -1.06. The Morgan fingerprint density at radius 1 is 1.00 bits per heavy atom. The Hall–Kier alpha value is -3.77. The molecule has 4 aromatic rings. The first-order valence-electron chi connectivity index (χ1n) is 9.67. The molecule has 0 saturated carbocycles.